The standard InChI is InChI=1S/C12H8ClN3O3/c13-11-10(6-9(7-14-11)16(18)19)15-12(17)8-4-2-1-3-5-8/h1-7H,(H,15,17). The van der Waals surface area contributed by atoms with Crippen molar-refractivity contribution in [1.82, 2.24) is 4.98 Å². The lowest BCUT2D eigenvalue weighted by Gasteiger charge is -2.06. The Morgan fingerprint density at radius 3 is 2.63 bits per heavy atom. The molecule has 0 spiro atoms. The van der Waals surface area contributed by atoms with Crippen LogP contribution in [0.25, 0.3) is 0 Å². The van der Waals surface area contributed by atoms with E-state index in [9.17, 15) is 14.9 Å². The summed E-state index contributed by atoms with van der Waals surface area (Å²) in [5, 5.41) is 13.1. The number of nitrogens with one attached hydrogen (secondary N) is 1. The average Bonchev–Trinajstić information content (AvgIpc) is 2.42. The van der Waals surface area contributed by atoms with E-state index in [0.717, 1.165) is 12.3 Å². The van der Waals surface area contributed by atoms with Crippen molar-refractivity contribution in [3.8, 4) is 0 Å². The van der Waals surface area contributed by atoms with E-state index in [2.05, 4.69) is 10.3 Å². The normalized spacial score (nSPS) is 9.95. The van der Waals surface area contributed by atoms with Gasteiger partial charge in [0.25, 0.3) is 11.6 Å². The number of pyridine rings is 1. The highest BCUT2D eigenvalue weighted by Gasteiger charge is 2.14. The summed E-state index contributed by atoms with van der Waals surface area (Å²) in [6, 6.07) is 9.60. The predicted molar refractivity (Wildman–Crippen MR) is 70.3 cm³/mol. The van der Waals surface area contributed by atoms with Crippen molar-refractivity contribution in [3.63, 3.8) is 0 Å². The van der Waals surface area contributed by atoms with E-state index in [1.807, 2.05) is 0 Å². The number of carbonyl (C=O) groups excluding carboxylic acids is 1. The molecular formula is C12H8ClN3O3. The summed E-state index contributed by atoms with van der Waals surface area (Å²) >= 11 is 5.78. The summed E-state index contributed by atoms with van der Waals surface area (Å²) in [5.74, 6) is -0.412. The summed E-state index contributed by atoms with van der Waals surface area (Å²) in [4.78, 5) is 25.6. The average molecular weight is 278 g/mol. The Hall–Kier alpha value is -2.47. The number of nitrogens with zero attached hydrogens (tertiary/aromatic N) is 2. The monoisotopic (exact) mass is 277 g/mol. The summed E-state index contributed by atoms with van der Waals surface area (Å²) in [6.07, 6.45) is 1.03. The lowest BCUT2D eigenvalue weighted by Crippen LogP contribution is -2.12. The maximum Gasteiger partial charge on any atom is 0.289 e. The molecule has 0 unspecified atom stereocenters. The van der Waals surface area contributed by atoms with Gasteiger partial charge in [0.05, 0.1) is 10.6 Å². The van der Waals surface area contributed by atoms with Gasteiger partial charge >= 0.3 is 0 Å². The molecule has 0 saturated carbocycles. The first-order valence-corrected chi connectivity index (χ1v) is 5.62. The Balaban J connectivity index is 2.26. The molecule has 1 aromatic heterocycles. The van der Waals surface area contributed by atoms with E-state index in [0.29, 0.717) is 5.56 Å². The highest BCUT2D eigenvalue weighted by molar-refractivity contribution is 6.32. The van der Waals surface area contributed by atoms with E-state index < -0.39 is 10.8 Å². The van der Waals surface area contributed by atoms with Crippen LogP contribution in [0.3, 0.4) is 0 Å². The van der Waals surface area contributed by atoms with Crippen molar-refractivity contribution < 1.29 is 9.72 Å². The maximum atomic E-state index is 11.9. The third-order valence-corrected chi connectivity index (χ3v) is 2.62. The van der Waals surface area contributed by atoms with Gasteiger partial charge in [-0.2, -0.15) is 0 Å². The molecule has 96 valence electrons. The lowest BCUT2D eigenvalue weighted by atomic mass is 10.2. The number of benzene rings is 1. The van der Waals surface area contributed by atoms with Gasteiger partial charge in [0.1, 0.15) is 6.20 Å². The molecular weight excluding hydrogens is 270 g/mol. The summed E-state index contributed by atoms with van der Waals surface area (Å²) in [7, 11) is 0. The second-order valence-electron chi connectivity index (χ2n) is 3.61. The zero-order valence-corrected chi connectivity index (χ0v) is 10.3. The van der Waals surface area contributed by atoms with Crippen LogP contribution in [-0.2, 0) is 0 Å². The minimum Gasteiger partial charge on any atom is -0.319 e. The highest BCUT2D eigenvalue weighted by atomic mass is 35.5. The van der Waals surface area contributed by atoms with Gasteiger partial charge in [-0.15, -0.1) is 0 Å². The summed E-state index contributed by atoms with van der Waals surface area (Å²) in [6.45, 7) is 0. The first-order chi connectivity index (χ1) is 9.08. The Labute approximate surface area is 113 Å². The molecule has 7 heteroatoms. The minimum absolute atomic E-state index is 0.00474. The van der Waals surface area contributed by atoms with Crippen LogP contribution in [0, 0.1) is 10.1 Å². The first kappa shape index (κ1) is 13.0. The number of halogens is 1. The third-order valence-electron chi connectivity index (χ3n) is 2.32. The first-order valence-electron chi connectivity index (χ1n) is 5.24. The summed E-state index contributed by atoms with van der Waals surface area (Å²) in [5.41, 5.74) is 0.280. The Morgan fingerprint density at radius 1 is 1.32 bits per heavy atom. The van der Waals surface area contributed by atoms with Crippen molar-refractivity contribution in [1.29, 1.82) is 0 Å². The second kappa shape index (κ2) is 5.45. The fourth-order valence-electron chi connectivity index (χ4n) is 1.41. The van der Waals surface area contributed by atoms with Crippen molar-refractivity contribution in [2.24, 2.45) is 0 Å². The van der Waals surface area contributed by atoms with Crippen LogP contribution in [0.1, 0.15) is 10.4 Å². The van der Waals surface area contributed by atoms with E-state index in [1.54, 1.807) is 30.3 Å². The van der Waals surface area contributed by atoms with Crippen LogP contribution in [0.2, 0.25) is 5.15 Å². The Kier molecular flexibility index (Phi) is 3.72. The van der Waals surface area contributed by atoms with Gasteiger partial charge in [-0.1, -0.05) is 29.8 Å². The van der Waals surface area contributed by atoms with Crippen LogP contribution in [0.15, 0.2) is 42.6 Å². The number of amides is 1. The van der Waals surface area contributed by atoms with Crippen molar-refractivity contribution in [2.75, 3.05) is 5.32 Å². The molecule has 2 aromatic rings. The molecule has 0 aliphatic carbocycles. The van der Waals surface area contributed by atoms with Crippen LogP contribution in [0.5, 0.6) is 0 Å². The zero-order valence-electron chi connectivity index (χ0n) is 9.54. The topological polar surface area (TPSA) is 85.1 Å². The molecule has 0 saturated heterocycles. The van der Waals surface area contributed by atoms with Gasteiger partial charge in [-0.25, -0.2) is 4.98 Å². The summed E-state index contributed by atoms with van der Waals surface area (Å²) < 4.78 is 0. The van der Waals surface area contributed by atoms with Gasteiger partial charge in [-0.05, 0) is 12.1 Å². The molecule has 6 nitrogen and oxygen atoms in total. The van der Waals surface area contributed by atoms with Crippen LogP contribution in [-0.4, -0.2) is 15.8 Å². The van der Waals surface area contributed by atoms with Crippen LogP contribution in [0.4, 0.5) is 11.4 Å². The van der Waals surface area contributed by atoms with E-state index >= 15 is 0 Å². The molecule has 1 amide bonds. The second-order valence-corrected chi connectivity index (χ2v) is 3.97. The molecule has 0 atom stereocenters. The zero-order chi connectivity index (χ0) is 13.8. The van der Waals surface area contributed by atoms with Crippen LogP contribution >= 0.6 is 11.6 Å². The number of hydrogen-bond donors (Lipinski definition) is 1. The Morgan fingerprint density at radius 2 is 2.00 bits per heavy atom. The largest absolute Gasteiger partial charge is 0.319 e. The molecule has 1 N–H and O–H groups in total. The lowest BCUT2D eigenvalue weighted by molar-refractivity contribution is -0.385. The quantitative estimate of drug-likeness (QED) is 0.531. The van der Waals surface area contributed by atoms with Gasteiger partial charge in [0.15, 0.2) is 5.15 Å². The fraction of sp³-hybridized carbons (Fsp3) is 0. The van der Waals surface area contributed by atoms with Crippen molar-refractivity contribution in [2.45, 2.75) is 0 Å². The van der Waals surface area contributed by atoms with Crippen molar-refractivity contribution in [3.05, 3.63) is 63.4 Å². The van der Waals surface area contributed by atoms with Gasteiger partial charge in [0, 0.05) is 11.6 Å². The molecule has 2 rings (SSSR count). The SMILES string of the molecule is O=C(Nc1cc([N+](=O)[O-])cnc1Cl)c1ccccc1. The van der Waals surface area contributed by atoms with E-state index in [-0.39, 0.29) is 16.5 Å². The molecule has 0 bridgehead atoms. The smallest absolute Gasteiger partial charge is 0.289 e. The predicted octanol–water partition coefficient (Wildman–Crippen LogP) is 2.90. The fourth-order valence-corrected chi connectivity index (χ4v) is 1.56. The third kappa shape index (κ3) is 3.05. The van der Waals surface area contributed by atoms with Gasteiger partial charge in [0.2, 0.25) is 0 Å². The number of anilines is 1. The van der Waals surface area contributed by atoms with Gasteiger partial charge in [-0.3, -0.25) is 14.9 Å². The number of hydrogen-bond acceptors (Lipinski definition) is 4. The molecule has 19 heavy (non-hydrogen) atoms. The Bertz CT molecular complexity index is 631. The number of aromatic nitrogens is 1. The number of carbonyl (C=O) groups is 1. The number of nitro groups is 1. The highest BCUT2D eigenvalue weighted by Crippen LogP contribution is 2.24. The van der Waals surface area contributed by atoms with E-state index in [1.165, 1.54) is 0 Å². The maximum absolute atomic E-state index is 11.9. The molecule has 1 aromatic carbocycles. The molecule has 0 radical (unpaired) electrons. The van der Waals surface area contributed by atoms with Crippen LogP contribution < -0.4 is 5.32 Å². The minimum atomic E-state index is -0.610. The van der Waals surface area contributed by atoms with Crippen molar-refractivity contribution >= 4 is 28.9 Å². The number of rotatable bonds is 3. The molecule has 0 fully saturated rings. The molecule has 1 heterocycles. The van der Waals surface area contributed by atoms with E-state index in [4.69, 9.17) is 11.6 Å². The van der Waals surface area contributed by atoms with Gasteiger partial charge < -0.3 is 5.32 Å². The molecule has 0 aliphatic rings. The molecule has 0 aliphatic heterocycles.